The molecule has 0 saturated heterocycles. The predicted octanol–water partition coefficient (Wildman–Crippen LogP) is 4.18. The Kier molecular flexibility index (Phi) is 5.96. The van der Waals surface area contributed by atoms with Crippen LogP contribution in [-0.2, 0) is 11.2 Å². The molecule has 0 radical (unpaired) electrons. The summed E-state index contributed by atoms with van der Waals surface area (Å²) in [6.07, 6.45) is 4.26. The lowest BCUT2D eigenvalue weighted by molar-refractivity contribution is -0.116. The number of amides is 1. The van der Waals surface area contributed by atoms with E-state index in [4.69, 9.17) is 0 Å². The van der Waals surface area contributed by atoms with E-state index in [9.17, 15) is 4.79 Å². The molecule has 2 nitrogen and oxygen atoms in total. The molecule has 2 aromatic carbocycles. The van der Waals surface area contributed by atoms with Crippen LogP contribution in [0.5, 0.6) is 0 Å². The maximum absolute atomic E-state index is 11.8. The molecule has 0 aromatic heterocycles. The Bertz CT molecular complexity index is 612. The van der Waals surface area contributed by atoms with Crippen molar-refractivity contribution < 1.29 is 4.79 Å². The van der Waals surface area contributed by atoms with E-state index in [2.05, 4.69) is 43.4 Å². The monoisotopic (exact) mass is 293 g/mol. The fourth-order valence-electron chi connectivity index (χ4n) is 2.19. The van der Waals surface area contributed by atoms with Gasteiger partial charge >= 0.3 is 0 Å². The second-order valence-corrected chi connectivity index (χ2v) is 5.68. The number of carbonyl (C=O) groups is 1. The molecule has 2 rings (SSSR count). The van der Waals surface area contributed by atoms with Crippen LogP contribution in [0.4, 0.5) is 0 Å². The van der Waals surface area contributed by atoms with E-state index in [0.29, 0.717) is 12.5 Å². The van der Waals surface area contributed by atoms with Crippen molar-refractivity contribution in [2.75, 3.05) is 6.54 Å². The van der Waals surface area contributed by atoms with Crippen LogP contribution >= 0.6 is 0 Å². The van der Waals surface area contributed by atoms with Crippen LogP contribution in [0.15, 0.2) is 60.7 Å². The first-order chi connectivity index (χ1) is 10.6. The topological polar surface area (TPSA) is 29.1 Å². The zero-order valence-corrected chi connectivity index (χ0v) is 13.3. The van der Waals surface area contributed by atoms with Crippen LogP contribution in [0.1, 0.15) is 36.5 Å². The number of carbonyl (C=O) groups excluding carboxylic acids is 1. The lowest BCUT2D eigenvalue weighted by atomic mass is 10.0. The summed E-state index contributed by atoms with van der Waals surface area (Å²) >= 11 is 0. The molecule has 2 aromatic rings. The van der Waals surface area contributed by atoms with Crippen molar-refractivity contribution in [2.24, 2.45) is 0 Å². The van der Waals surface area contributed by atoms with Crippen molar-refractivity contribution in [3.8, 4) is 0 Å². The molecule has 0 aliphatic heterocycles. The largest absolute Gasteiger partial charge is 0.352 e. The highest BCUT2D eigenvalue weighted by Crippen LogP contribution is 2.14. The van der Waals surface area contributed by atoms with E-state index in [1.807, 2.05) is 36.4 Å². The van der Waals surface area contributed by atoms with Gasteiger partial charge in [0.2, 0.25) is 5.91 Å². The lowest BCUT2D eigenvalue weighted by Crippen LogP contribution is -2.23. The fourth-order valence-corrected chi connectivity index (χ4v) is 2.19. The maximum Gasteiger partial charge on any atom is 0.244 e. The van der Waals surface area contributed by atoms with Gasteiger partial charge in [-0.3, -0.25) is 4.79 Å². The molecule has 1 N–H and O–H groups in total. The third-order valence-electron chi connectivity index (χ3n) is 3.59. The molecule has 114 valence electrons. The first-order valence-corrected chi connectivity index (χ1v) is 7.75. The number of nitrogens with one attached hydrogen (secondary N) is 1. The normalized spacial score (nSPS) is 11.0. The Morgan fingerprint density at radius 2 is 1.73 bits per heavy atom. The Morgan fingerprint density at radius 3 is 2.36 bits per heavy atom. The van der Waals surface area contributed by atoms with Gasteiger partial charge in [-0.1, -0.05) is 68.4 Å². The highest BCUT2D eigenvalue weighted by molar-refractivity contribution is 5.91. The van der Waals surface area contributed by atoms with E-state index >= 15 is 0 Å². The summed E-state index contributed by atoms with van der Waals surface area (Å²) in [7, 11) is 0. The van der Waals surface area contributed by atoms with Crippen LogP contribution in [0, 0.1) is 0 Å². The first-order valence-electron chi connectivity index (χ1n) is 7.75. The van der Waals surface area contributed by atoms with Crippen LogP contribution in [-0.4, -0.2) is 12.5 Å². The highest BCUT2D eigenvalue weighted by atomic mass is 16.1. The molecule has 0 bridgehead atoms. The van der Waals surface area contributed by atoms with Crippen LogP contribution in [0.25, 0.3) is 6.08 Å². The van der Waals surface area contributed by atoms with E-state index in [0.717, 1.165) is 12.0 Å². The Hall–Kier alpha value is -2.35. The molecule has 0 unspecified atom stereocenters. The first kappa shape index (κ1) is 16.0. The molecular weight excluding hydrogens is 270 g/mol. The van der Waals surface area contributed by atoms with Gasteiger partial charge in [-0.25, -0.2) is 0 Å². The molecular formula is C20H23NO. The minimum Gasteiger partial charge on any atom is -0.352 e. The minimum atomic E-state index is -0.0531. The SMILES string of the molecule is CC(C)c1ccc(CCNC(=O)/C=C/c2ccccc2)cc1. The molecule has 0 heterocycles. The number of hydrogen-bond acceptors (Lipinski definition) is 1. The maximum atomic E-state index is 11.8. The van der Waals surface area contributed by atoms with Gasteiger partial charge < -0.3 is 5.32 Å². The van der Waals surface area contributed by atoms with Crippen LogP contribution < -0.4 is 5.32 Å². The average molecular weight is 293 g/mol. The summed E-state index contributed by atoms with van der Waals surface area (Å²) in [5.41, 5.74) is 3.62. The molecule has 0 aliphatic rings. The van der Waals surface area contributed by atoms with E-state index in [1.54, 1.807) is 6.08 Å². The molecule has 0 atom stereocenters. The van der Waals surface area contributed by atoms with Crippen molar-refractivity contribution in [3.63, 3.8) is 0 Å². The van der Waals surface area contributed by atoms with Gasteiger partial charge in [0.25, 0.3) is 0 Å². The summed E-state index contributed by atoms with van der Waals surface area (Å²) in [5.74, 6) is 0.500. The zero-order valence-electron chi connectivity index (χ0n) is 13.3. The van der Waals surface area contributed by atoms with E-state index < -0.39 is 0 Å². The Morgan fingerprint density at radius 1 is 1.05 bits per heavy atom. The van der Waals surface area contributed by atoms with Gasteiger partial charge in [-0.2, -0.15) is 0 Å². The minimum absolute atomic E-state index is 0.0531. The van der Waals surface area contributed by atoms with Gasteiger partial charge in [0.05, 0.1) is 0 Å². The Balaban J connectivity index is 1.76. The van der Waals surface area contributed by atoms with Gasteiger partial charge in [0.15, 0.2) is 0 Å². The second-order valence-electron chi connectivity index (χ2n) is 5.68. The van der Waals surface area contributed by atoms with Crippen molar-refractivity contribution in [2.45, 2.75) is 26.2 Å². The Labute approximate surface area is 132 Å². The second kappa shape index (κ2) is 8.18. The summed E-state index contributed by atoms with van der Waals surface area (Å²) in [5, 5.41) is 2.91. The summed E-state index contributed by atoms with van der Waals surface area (Å²) in [6, 6.07) is 18.4. The zero-order chi connectivity index (χ0) is 15.8. The summed E-state index contributed by atoms with van der Waals surface area (Å²) < 4.78 is 0. The van der Waals surface area contributed by atoms with Crippen molar-refractivity contribution >= 4 is 12.0 Å². The third-order valence-corrected chi connectivity index (χ3v) is 3.59. The number of rotatable bonds is 6. The van der Waals surface area contributed by atoms with Crippen molar-refractivity contribution in [1.29, 1.82) is 0 Å². The highest BCUT2D eigenvalue weighted by Gasteiger charge is 2.00. The fraction of sp³-hybridized carbons (Fsp3) is 0.250. The quantitative estimate of drug-likeness (QED) is 0.795. The molecule has 22 heavy (non-hydrogen) atoms. The van der Waals surface area contributed by atoms with Gasteiger partial charge in [-0.15, -0.1) is 0 Å². The van der Waals surface area contributed by atoms with Crippen molar-refractivity contribution in [1.82, 2.24) is 5.32 Å². The smallest absolute Gasteiger partial charge is 0.244 e. The molecule has 0 saturated carbocycles. The average Bonchev–Trinajstić information content (AvgIpc) is 2.54. The third kappa shape index (κ3) is 5.21. The van der Waals surface area contributed by atoms with Gasteiger partial charge in [-0.05, 0) is 35.1 Å². The summed E-state index contributed by atoms with van der Waals surface area (Å²) in [6.45, 7) is 5.03. The van der Waals surface area contributed by atoms with Gasteiger partial charge in [0, 0.05) is 12.6 Å². The van der Waals surface area contributed by atoms with E-state index in [-0.39, 0.29) is 5.91 Å². The molecule has 1 amide bonds. The molecule has 0 fully saturated rings. The van der Waals surface area contributed by atoms with Gasteiger partial charge in [0.1, 0.15) is 0 Å². The molecule has 2 heteroatoms. The predicted molar refractivity (Wildman–Crippen MR) is 92.7 cm³/mol. The lowest BCUT2D eigenvalue weighted by Gasteiger charge is -2.07. The number of hydrogen-bond donors (Lipinski definition) is 1. The standard InChI is InChI=1S/C20H23NO/c1-16(2)19-11-8-18(9-12-19)14-15-21-20(22)13-10-17-6-4-3-5-7-17/h3-13,16H,14-15H2,1-2H3,(H,21,22)/b13-10+. The van der Waals surface area contributed by atoms with Crippen LogP contribution in [0.3, 0.4) is 0 Å². The summed E-state index contributed by atoms with van der Waals surface area (Å²) in [4.78, 5) is 11.8. The molecule has 0 aliphatic carbocycles. The molecule has 0 spiro atoms. The van der Waals surface area contributed by atoms with Crippen molar-refractivity contribution in [3.05, 3.63) is 77.4 Å². The number of benzene rings is 2. The van der Waals surface area contributed by atoms with Crippen LogP contribution in [0.2, 0.25) is 0 Å². The van der Waals surface area contributed by atoms with E-state index in [1.165, 1.54) is 11.1 Å².